The van der Waals surface area contributed by atoms with Gasteiger partial charge in [0.2, 0.25) is 0 Å². The topological polar surface area (TPSA) is 24.5 Å². The Morgan fingerprint density at radius 2 is 2.29 bits per heavy atom. The van der Waals surface area contributed by atoms with Gasteiger partial charge < -0.3 is 15.0 Å². The Labute approximate surface area is 134 Å². The maximum absolute atomic E-state index is 14.2. The number of thiocarbonyl (C=S) groups is 1. The summed E-state index contributed by atoms with van der Waals surface area (Å²) in [6.07, 6.45) is 0.701. The molecule has 2 aliphatic rings. The van der Waals surface area contributed by atoms with Crippen molar-refractivity contribution in [2.24, 2.45) is 5.92 Å². The van der Waals surface area contributed by atoms with Gasteiger partial charge in [0.25, 0.3) is 0 Å². The first-order valence-electron chi connectivity index (χ1n) is 7.06. The summed E-state index contributed by atoms with van der Waals surface area (Å²) in [7, 11) is 0. The minimum absolute atomic E-state index is 0.0668. The van der Waals surface area contributed by atoms with Crippen LogP contribution in [-0.4, -0.2) is 22.3 Å². The first-order valence-corrected chi connectivity index (χ1v) is 7.85. The van der Waals surface area contributed by atoms with Crippen LogP contribution in [0.1, 0.15) is 38.8 Å². The molecule has 0 spiro atoms. The van der Waals surface area contributed by atoms with E-state index in [2.05, 4.69) is 19.2 Å². The normalized spacial score (nSPS) is 27.2. The molecule has 1 saturated heterocycles. The van der Waals surface area contributed by atoms with Crippen LogP contribution in [0.5, 0.6) is 5.75 Å². The van der Waals surface area contributed by atoms with Crippen LogP contribution in [0.15, 0.2) is 12.1 Å². The Kier molecular flexibility index (Phi) is 3.53. The Balaban J connectivity index is 2.05. The number of benzene rings is 1. The molecule has 3 rings (SSSR count). The highest BCUT2D eigenvalue weighted by molar-refractivity contribution is 7.80. The molecular formula is C15H18ClFN2OS. The molecule has 21 heavy (non-hydrogen) atoms. The lowest BCUT2D eigenvalue weighted by molar-refractivity contribution is -0.0746. The predicted octanol–water partition coefficient (Wildman–Crippen LogP) is 3.87. The molecule has 0 radical (unpaired) electrons. The first kappa shape index (κ1) is 14.9. The quantitative estimate of drug-likeness (QED) is 0.833. The minimum Gasteiger partial charge on any atom is -0.465 e. The second-order valence-corrected chi connectivity index (χ2v) is 7.12. The summed E-state index contributed by atoms with van der Waals surface area (Å²) in [5, 5.41) is 4.31. The predicted molar refractivity (Wildman–Crippen MR) is 85.1 cm³/mol. The molecule has 0 saturated carbocycles. The molecule has 2 aliphatic heterocycles. The third-order valence-electron chi connectivity index (χ3n) is 3.98. The number of nitrogens with zero attached hydrogens (tertiary/aromatic N) is 1. The number of hydrogen-bond acceptors (Lipinski definition) is 2. The molecule has 1 fully saturated rings. The molecular weight excluding hydrogens is 311 g/mol. The van der Waals surface area contributed by atoms with E-state index in [0.717, 1.165) is 12.1 Å². The van der Waals surface area contributed by atoms with Crippen LogP contribution in [-0.2, 0) is 0 Å². The molecule has 0 aliphatic carbocycles. The Morgan fingerprint density at radius 1 is 1.57 bits per heavy atom. The van der Waals surface area contributed by atoms with Crippen LogP contribution in [0, 0.1) is 11.7 Å². The minimum atomic E-state index is -0.626. The van der Waals surface area contributed by atoms with Crippen molar-refractivity contribution in [2.45, 2.75) is 39.0 Å². The van der Waals surface area contributed by atoms with Crippen molar-refractivity contribution >= 4 is 28.9 Å². The first-order chi connectivity index (χ1) is 9.80. The number of nitrogens with one attached hydrogen (secondary N) is 1. The number of halogens is 2. The van der Waals surface area contributed by atoms with E-state index < -0.39 is 11.5 Å². The fraction of sp³-hybridized carbons (Fsp3) is 0.533. The molecule has 3 nitrogen and oxygen atoms in total. The highest BCUT2D eigenvalue weighted by Crippen LogP contribution is 2.46. The van der Waals surface area contributed by atoms with Gasteiger partial charge in [0.15, 0.2) is 22.4 Å². The summed E-state index contributed by atoms with van der Waals surface area (Å²) in [5.74, 6) is 0.285. The van der Waals surface area contributed by atoms with E-state index in [9.17, 15) is 4.39 Å². The third kappa shape index (κ3) is 2.46. The molecule has 1 N–H and O–H groups in total. The summed E-state index contributed by atoms with van der Waals surface area (Å²) in [5.41, 5.74) is 0.114. The van der Waals surface area contributed by atoms with Gasteiger partial charge in [0.1, 0.15) is 0 Å². The summed E-state index contributed by atoms with van der Waals surface area (Å²) >= 11 is 11.4. The molecule has 6 heteroatoms. The van der Waals surface area contributed by atoms with E-state index in [1.165, 1.54) is 6.07 Å². The van der Waals surface area contributed by atoms with Gasteiger partial charge in [-0.3, -0.25) is 0 Å². The van der Waals surface area contributed by atoms with Gasteiger partial charge in [-0.1, -0.05) is 25.4 Å². The maximum Gasteiger partial charge on any atom is 0.184 e. The van der Waals surface area contributed by atoms with Gasteiger partial charge in [0.05, 0.1) is 6.04 Å². The van der Waals surface area contributed by atoms with Gasteiger partial charge in [0, 0.05) is 23.6 Å². The van der Waals surface area contributed by atoms with Crippen LogP contribution in [0.3, 0.4) is 0 Å². The van der Waals surface area contributed by atoms with Gasteiger partial charge >= 0.3 is 0 Å². The van der Waals surface area contributed by atoms with E-state index in [1.54, 1.807) is 6.07 Å². The van der Waals surface area contributed by atoms with Crippen molar-refractivity contribution in [1.82, 2.24) is 10.2 Å². The van der Waals surface area contributed by atoms with Gasteiger partial charge in [-0.25, -0.2) is 4.39 Å². The van der Waals surface area contributed by atoms with E-state index in [4.69, 9.17) is 28.6 Å². The number of ether oxygens (including phenoxy) is 1. The van der Waals surface area contributed by atoms with Crippen LogP contribution in [0.4, 0.5) is 4.39 Å². The van der Waals surface area contributed by atoms with Crippen molar-refractivity contribution in [2.75, 3.05) is 6.54 Å². The molecule has 2 bridgehead atoms. The van der Waals surface area contributed by atoms with Crippen molar-refractivity contribution in [3.8, 4) is 5.75 Å². The fourth-order valence-electron chi connectivity index (χ4n) is 3.07. The second kappa shape index (κ2) is 4.99. The lowest BCUT2D eigenvalue weighted by atomic mass is 9.90. The summed E-state index contributed by atoms with van der Waals surface area (Å²) in [6, 6.07) is 2.97. The zero-order valence-electron chi connectivity index (χ0n) is 12.2. The molecule has 0 amide bonds. The van der Waals surface area contributed by atoms with Crippen LogP contribution < -0.4 is 10.1 Å². The van der Waals surface area contributed by atoms with E-state index in [1.807, 2.05) is 11.8 Å². The van der Waals surface area contributed by atoms with Gasteiger partial charge in [-0.2, -0.15) is 0 Å². The van der Waals surface area contributed by atoms with E-state index >= 15 is 0 Å². The lowest BCUT2D eigenvalue weighted by Gasteiger charge is -2.52. The highest BCUT2D eigenvalue weighted by Gasteiger charge is 2.48. The Morgan fingerprint density at radius 3 is 2.95 bits per heavy atom. The molecule has 0 aromatic heterocycles. The standard InChI is InChI=1S/C15H18ClFN2OS/c1-8(2)7-19-14(21)18-12-6-15(19,3)20-13-10(12)4-9(16)5-11(13)17/h4-5,8,12H,6-7H2,1-3H3,(H,18,21). The highest BCUT2D eigenvalue weighted by atomic mass is 35.5. The third-order valence-corrected chi connectivity index (χ3v) is 4.54. The van der Waals surface area contributed by atoms with E-state index in [0.29, 0.717) is 22.5 Å². The summed E-state index contributed by atoms with van der Waals surface area (Å²) in [4.78, 5) is 2.01. The molecule has 1 aromatic rings. The fourth-order valence-corrected chi connectivity index (χ4v) is 3.70. The van der Waals surface area contributed by atoms with Crippen LogP contribution in [0.25, 0.3) is 0 Å². The SMILES string of the molecule is CC(C)CN1C(=S)NC2CC1(C)Oc1c(F)cc(Cl)cc12. The zero-order valence-corrected chi connectivity index (χ0v) is 13.8. The van der Waals surface area contributed by atoms with Crippen molar-refractivity contribution in [1.29, 1.82) is 0 Å². The van der Waals surface area contributed by atoms with Crippen LogP contribution in [0.2, 0.25) is 5.02 Å². The lowest BCUT2D eigenvalue weighted by Crippen LogP contribution is -2.65. The number of fused-ring (bicyclic) bond motifs is 4. The summed E-state index contributed by atoms with van der Waals surface area (Å²) in [6.45, 7) is 6.97. The van der Waals surface area contributed by atoms with Gasteiger partial charge in [-0.15, -0.1) is 0 Å². The van der Waals surface area contributed by atoms with Crippen molar-refractivity contribution in [3.63, 3.8) is 0 Å². The largest absolute Gasteiger partial charge is 0.465 e. The second-order valence-electron chi connectivity index (χ2n) is 6.29. The molecule has 114 valence electrons. The van der Waals surface area contributed by atoms with E-state index in [-0.39, 0.29) is 11.8 Å². The Hall–Kier alpha value is -1.07. The number of hydrogen-bond donors (Lipinski definition) is 1. The molecule has 1 aromatic carbocycles. The molecule has 2 atom stereocenters. The average Bonchev–Trinajstić information content (AvgIpc) is 2.36. The van der Waals surface area contributed by atoms with Crippen LogP contribution >= 0.6 is 23.8 Å². The van der Waals surface area contributed by atoms with Gasteiger partial charge in [-0.05, 0) is 37.2 Å². The Bertz CT molecular complexity index is 610. The monoisotopic (exact) mass is 328 g/mol. The average molecular weight is 329 g/mol. The summed E-state index contributed by atoms with van der Waals surface area (Å²) < 4.78 is 20.2. The number of rotatable bonds is 2. The maximum atomic E-state index is 14.2. The zero-order chi connectivity index (χ0) is 15.4. The molecule has 2 unspecified atom stereocenters. The van der Waals surface area contributed by atoms with Crippen molar-refractivity contribution < 1.29 is 9.13 Å². The smallest absolute Gasteiger partial charge is 0.184 e. The molecule has 2 heterocycles. The van der Waals surface area contributed by atoms with Crippen molar-refractivity contribution in [3.05, 3.63) is 28.5 Å².